The molecule has 12 heavy (non-hydrogen) atoms. The van der Waals surface area contributed by atoms with E-state index in [0.717, 1.165) is 6.42 Å². The first-order valence-electron chi connectivity index (χ1n) is 4.33. The van der Waals surface area contributed by atoms with E-state index in [9.17, 15) is 0 Å². The summed E-state index contributed by atoms with van der Waals surface area (Å²) in [6.45, 7) is 2.22. The zero-order chi connectivity index (χ0) is 7.94. The number of unbranched alkanes of at least 4 members (excludes halogenated alkanes) is 2. The minimum absolute atomic E-state index is 0. The van der Waals surface area contributed by atoms with E-state index in [-0.39, 0.29) is 24.0 Å². The molecule has 0 N–H and O–H groups in total. The van der Waals surface area contributed by atoms with E-state index in [0.29, 0.717) is 0 Å². The van der Waals surface area contributed by atoms with Gasteiger partial charge in [-0.25, -0.2) is 0 Å². The molecule has 0 aromatic carbocycles. The highest BCUT2D eigenvalue weighted by Crippen LogP contribution is 2.02. The number of halogens is 1. The van der Waals surface area contributed by atoms with Gasteiger partial charge in [0, 0.05) is 11.9 Å². The van der Waals surface area contributed by atoms with Gasteiger partial charge in [-0.05, 0) is 25.0 Å². The molecule has 0 radical (unpaired) electrons. The van der Waals surface area contributed by atoms with E-state index >= 15 is 0 Å². The molecule has 1 heterocycles. The highest BCUT2D eigenvalue weighted by molar-refractivity contribution is 14.0. The average molecular weight is 277 g/mol. The Morgan fingerprint density at radius 2 is 2.08 bits per heavy atom. The van der Waals surface area contributed by atoms with Crippen molar-refractivity contribution in [2.75, 3.05) is 0 Å². The number of nitrogens with zero attached hydrogens (tertiary/aromatic N) is 1. The molecule has 0 spiro atoms. The van der Waals surface area contributed by atoms with Gasteiger partial charge in [-0.15, -0.1) is 24.0 Å². The number of rotatable bonds is 4. The third-order valence-corrected chi connectivity index (χ3v) is 1.76. The maximum atomic E-state index is 4.25. The molecule has 0 saturated carbocycles. The summed E-state index contributed by atoms with van der Waals surface area (Å²) < 4.78 is 0. The van der Waals surface area contributed by atoms with Gasteiger partial charge in [0.25, 0.3) is 0 Å². The fraction of sp³-hybridized carbons (Fsp3) is 0.500. The molecule has 1 nitrogen and oxygen atoms in total. The Labute approximate surface area is 91.6 Å². The van der Waals surface area contributed by atoms with Crippen LogP contribution in [-0.4, -0.2) is 4.98 Å². The molecule has 0 aliphatic rings. The summed E-state index contributed by atoms with van der Waals surface area (Å²) in [5.74, 6) is 0. The Hall–Kier alpha value is -0.120. The topological polar surface area (TPSA) is 12.9 Å². The molecule has 0 fully saturated rings. The normalized spacial score (nSPS) is 9.08. The molecule has 1 aromatic rings. The second kappa shape index (κ2) is 7.53. The van der Waals surface area contributed by atoms with Crippen molar-refractivity contribution in [3.05, 3.63) is 30.1 Å². The van der Waals surface area contributed by atoms with Gasteiger partial charge in [0.2, 0.25) is 0 Å². The van der Waals surface area contributed by atoms with E-state index in [4.69, 9.17) is 0 Å². The lowest BCUT2D eigenvalue weighted by Gasteiger charge is -1.97. The van der Waals surface area contributed by atoms with E-state index in [1.165, 1.54) is 25.0 Å². The van der Waals surface area contributed by atoms with Gasteiger partial charge >= 0.3 is 0 Å². The molecule has 0 saturated heterocycles. The molecule has 1 rings (SSSR count). The van der Waals surface area contributed by atoms with Crippen LogP contribution in [0.1, 0.15) is 31.9 Å². The molecule has 0 amide bonds. The fourth-order valence-electron chi connectivity index (χ4n) is 1.10. The number of pyridine rings is 1. The number of aryl methyl sites for hydroxylation is 1. The predicted octanol–water partition coefficient (Wildman–Crippen LogP) is 3.43. The van der Waals surface area contributed by atoms with Crippen molar-refractivity contribution in [3.8, 4) is 0 Å². The van der Waals surface area contributed by atoms with Crippen molar-refractivity contribution < 1.29 is 0 Å². The standard InChI is InChI=1S/C10H15N.HI/c1-2-3-4-7-10-8-5-6-9-11-10;/h5-6,8-9H,2-4,7H2,1H3;1H. The Kier molecular flexibility index (Phi) is 7.45. The van der Waals surface area contributed by atoms with Gasteiger partial charge in [0.15, 0.2) is 0 Å². The molecule has 0 aliphatic heterocycles. The minimum atomic E-state index is 0. The van der Waals surface area contributed by atoms with Crippen LogP contribution in [0.3, 0.4) is 0 Å². The van der Waals surface area contributed by atoms with Gasteiger partial charge < -0.3 is 0 Å². The molecule has 1 aromatic heterocycles. The lowest BCUT2D eigenvalue weighted by atomic mass is 10.1. The van der Waals surface area contributed by atoms with Gasteiger partial charge in [-0.3, -0.25) is 4.98 Å². The van der Waals surface area contributed by atoms with Crippen molar-refractivity contribution in [2.45, 2.75) is 32.6 Å². The molecule has 0 atom stereocenters. The van der Waals surface area contributed by atoms with Crippen LogP contribution in [0.2, 0.25) is 0 Å². The van der Waals surface area contributed by atoms with E-state index in [1.807, 2.05) is 18.3 Å². The summed E-state index contributed by atoms with van der Waals surface area (Å²) in [6, 6.07) is 6.10. The van der Waals surface area contributed by atoms with E-state index < -0.39 is 0 Å². The number of hydrogen-bond donors (Lipinski definition) is 0. The molecule has 0 aliphatic carbocycles. The zero-order valence-corrected chi connectivity index (χ0v) is 9.82. The monoisotopic (exact) mass is 277 g/mol. The third kappa shape index (κ3) is 4.70. The number of hydrogen-bond acceptors (Lipinski definition) is 1. The maximum absolute atomic E-state index is 4.25. The van der Waals surface area contributed by atoms with Crippen molar-refractivity contribution in [1.29, 1.82) is 0 Å². The average Bonchev–Trinajstić information content (AvgIpc) is 2.07. The first-order valence-corrected chi connectivity index (χ1v) is 4.33. The molecular weight excluding hydrogens is 261 g/mol. The van der Waals surface area contributed by atoms with Crippen LogP contribution >= 0.6 is 24.0 Å². The second-order valence-corrected chi connectivity index (χ2v) is 2.78. The Bertz CT molecular complexity index is 186. The summed E-state index contributed by atoms with van der Waals surface area (Å²) in [6.07, 6.45) is 6.87. The van der Waals surface area contributed by atoms with Crippen molar-refractivity contribution in [1.82, 2.24) is 4.98 Å². The van der Waals surface area contributed by atoms with Crippen LogP contribution in [0.15, 0.2) is 24.4 Å². The molecular formula is C10H16IN. The summed E-state index contributed by atoms with van der Waals surface area (Å²) >= 11 is 0. The highest BCUT2D eigenvalue weighted by Gasteiger charge is 1.90. The summed E-state index contributed by atoms with van der Waals surface area (Å²) in [5, 5.41) is 0. The largest absolute Gasteiger partial charge is 0.261 e. The maximum Gasteiger partial charge on any atom is 0.0403 e. The smallest absolute Gasteiger partial charge is 0.0403 e. The van der Waals surface area contributed by atoms with Crippen LogP contribution < -0.4 is 0 Å². The molecule has 68 valence electrons. The van der Waals surface area contributed by atoms with Crippen LogP contribution in [0.5, 0.6) is 0 Å². The quantitative estimate of drug-likeness (QED) is 0.607. The van der Waals surface area contributed by atoms with Gasteiger partial charge in [-0.2, -0.15) is 0 Å². The molecule has 0 unspecified atom stereocenters. The summed E-state index contributed by atoms with van der Waals surface area (Å²) in [7, 11) is 0. The zero-order valence-electron chi connectivity index (χ0n) is 7.49. The van der Waals surface area contributed by atoms with Crippen molar-refractivity contribution in [2.24, 2.45) is 0 Å². The van der Waals surface area contributed by atoms with Gasteiger partial charge in [0.05, 0.1) is 0 Å². The molecule has 2 heteroatoms. The summed E-state index contributed by atoms with van der Waals surface area (Å²) in [4.78, 5) is 4.25. The lowest BCUT2D eigenvalue weighted by molar-refractivity contribution is 0.707. The second-order valence-electron chi connectivity index (χ2n) is 2.78. The predicted molar refractivity (Wildman–Crippen MR) is 62.9 cm³/mol. The van der Waals surface area contributed by atoms with Crippen molar-refractivity contribution >= 4 is 24.0 Å². The summed E-state index contributed by atoms with van der Waals surface area (Å²) in [5.41, 5.74) is 1.22. The van der Waals surface area contributed by atoms with Crippen LogP contribution in [0, 0.1) is 0 Å². The Morgan fingerprint density at radius 3 is 2.67 bits per heavy atom. The third-order valence-electron chi connectivity index (χ3n) is 1.76. The Balaban J connectivity index is 0.00000121. The van der Waals surface area contributed by atoms with E-state index in [1.54, 1.807) is 0 Å². The highest BCUT2D eigenvalue weighted by atomic mass is 127. The minimum Gasteiger partial charge on any atom is -0.261 e. The van der Waals surface area contributed by atoms with Crippen molar-refractivity contribution in [3.63, 3.8) is 0 Å². The van der Waals surface area contributed by atoms with Crippen LogP contribution in [0.25, 0.3) is 0 Å². The number of aromatic nitrogens is 1. The van der Waals surface area contributed by atoms with Gasteiger partial charge in [0.1, 0.15) is 0 Å². The first kappa shape index (κ1) is 11.9. The van der Waals surface area contributed by atoms with Gasteiger partial charge in [-0.1, -0.05) is 25.8 Å². The molecule has 0 bridgehead atoms. The SMILES string of the molecule is CCCCCc1ccccn1.I. The van der Waals surface area contributed by atoms with Crippen LogP contribution in [0.4, 0.5) is 0 Å². The first-order chi connectivity index (χ1) is 5.43. The van der Waals surface area contributed by atoms with Crippen LogP contribution in [-0.2, 0) is 6.42 Å². The Morgan fingerprint density at radius 1 is 1.25 bits per heavy atom. The fourth-order valence-corrected chi connectivity index (χ4v) is 1.10. The van der Waals surface area contributed by atoms with E-state index in [2.05, 4.69) is 18.0 Å². The lowest BCUT2D eigenvalue weighted by Crippen LogP contribution is -1.87.